The Balaban J connectivity index is 2.06. The number of rotatable bonds is 7. The average Bonchev–Trinajstić information content (AvgIpc) is 2.68. The Morgan fingerprint density at radius 1 is 1.07 bits per heavy atom. The summed E-state index contributed by atoms with van der Waals surface area (Å²) in [6, 6.07) is 12.4. The molecule has 0 aliphatic carbocycles. The zero-order chi connectivity index (χ0) is 19.8. The number of ether oxygens (including phenoxy) is 3. The molecule has 0 fully saturated rings. The predicted octanol–water partition coefficient (Wildman–Crippen LogP) is 4.05. The van der Waals surface area contributed by atoms with Gasteiger partial charge in [0.05, 0.1) is 14.2 Å². The van der Waals surface area contributed by atoms with E-state index in [-0.39, 0.29) is 5.91 Å². The maximum atomic E-state index is 12.3. The van der Waals surface area contributed by atoms with Crippen molar-refractivity contribution in [3.63, 3.8) is 0 Å². The number of anilines is 1. The lowest BCUT2D eigenvalue weighted by atomic mass is 10.2. The standard InChI is InChI=1S/C20H20BrNO5/c1-13(20(24)22-16-8-6-15(21)7-9-16)27-17-10-4-14(12-18(17)25-2)5-11-19(23)26-3/h4-13H,1-3H3,(H,22,24)/b11-5+/t13-/m1/s1. The van der Waals surface area contributed by atoms with Crippen molar-refractivity contribution in [3.05, 3.63) is 58.6 Å². The van der Waals surface area contributed by atoms with Gasteiger partial charge >= 0.3 is 5.97 Å². The van der Waals surface area contributed by atoms with Crippen LogP contribution in [0.25, 0.3) is 6.08 Å². The van der Waals surface area contributed by atoms with Crippen molar-refractivity contribution in [2.24, 2.45) is 0 Å². The number of esters is 1. The summed E-state index contributed by atoms with van der Waals surface area (Å²) in [7, 11) is 2.81. The van der Waals surface area contributed by atoms with Gasteiger partial charge < -0.3 is 19.5 Å². The molecule has 6 nitrogen and oxygen atoms in total. The Labute approximate surface area is 166 Å². The van der Waals surface area contributed by atoms with Crippen LogP contribution in [0.5, 0.6) is 11.5 Å². The fourth-order valence-electron chi connectivity index (χ4n) is 2.14. The quantitative estimate of drug-likeness (QED) is 0.526. The summed E-state index contributed by atoms with van der Waals surface area (Å²) in [6.07, 6.45) is 2.17. The molecule has 1 atom stereocenters. The first-order chi connectivity index (χ1) is 12.9. The summed E-state index contributed by atoms with van der Waals surface area (Å²) in [4.78, 5) is 23.5. The molecule has 1 N–H and O–H groups in total. The molecule has 0 unspecified atom stereocenters. The molecule has 1 amide bonds. The van der Waals surface area contributed by atoms with Crippen LogP contribution in [0.3, 0.4) is 0 Å². The van der Waals surface area contributed by atoms with Gasteiger partial charge in [-0.2, -0.15) is 0 Å². The predicted molar refractivity (Wildman–Crippen MR) is 107 cm³/mol. The third-order valence-corrected chi connectivity index (χ3v) is 4.11. The number of benzene rings is 2. The molecule has 0 bridgehead atoms. The van der Waals surface area contributed by atoms with Crippen LogP contribution in [0.1, 0.15) is 12.5 Å². The van der Waals surface area contributed by atoms with E-state index in [1.807, 2.05) is 12.1 Å². The molecule has 2 aromatic carbocycles. The molecule has 7 heteroatoms. The first-order valence-electron chi connectivity index (χ1n) is 8.10. The van der Waals surface area contributed by atoms with Crippen LogP contribution in [0.2, 0.25) is 0 Å². The van der Waals surface area contributed by atoms with Crippen molar-refractivity contribution in [2.45, 2.75) is 13.0 Å². The van der Waals surface area contributed by atoms with E-state index in [2.05, 4.69) is 26.0 Å². The van der Waals surface area contributed by atoms with Gasteiger partial charge in [0.25, 0.3) is 5.91 Å². The Bertz CT molecular complexity index is 833. The highest BCUT2D eigenvalue weighted by Gasteiger charge is 2.17. The summed E-state index contributed by atoms with van der Waals surface area (Å²) in [5, 5.41) is 2.79. The molecule has 0 spiro atoms. The minimum absolute atomic E-state index is 0.283. The number of hydrogen-bond acceptors (Lipinski definition) is 5. The second-order valence-corrected chi connectivity index (χ2v) is 6.44. The molecule has 2 aromatic rings. The van der Waals surface area contributed by atoms with Gasteiger partial charge in [0.1, 0.15) is 0 Å². The molecule has 0 aliphatic rings. The van der Waals surface area contributed by atoms with E-state index in [1.165, 1.54) is 20.3 Å². The molecular weight excluding hydrogens is 414 g/mol. The molecule has 0 heterocycles. The van der Waals surface area contributed by atoms with Crippen LogP contribution in [0, 0.1) is 0 Å². The van der Waals surface area contributed by atoms with E-state index >= 15 is 0 Å². The second kappa shape index (κ2) is 9.78. The summed E-state index contributed by atoms with van der Waals surface area (Å²) >= 11 is 3.35. The summed E-state index contributed by atoms with van der Waals surface area (Å²) in [6.45, 7) is 1.65. The number of carbonyl (C=O) groups is 2. The summed E-state index contributed by atoms with van der Waals surface area (Å²) in [5.41, 5.74) is 1.41. The Kier molecular flexibility index (Phi) is 7.43. The van der Waals surface area contributed by atoms with Gasteiger partial charge in [-0.1, -0.05) is 22.0 Å². The first-order valence-corrected chi connectivity index (χ1v) is 8.89. The van der Waals surface area contributed by atoms with E-state index in [0.717, 1.165) is 10.0 Å². The Morgan fingerprint density at radius 3 is 2.41 bits per heavy atom. The molecule has 27 heavy (non-hydrogen) atoms. The van der Waals surface area contributed by atoms with Crippen molar-refractivity contribution in [1.29, 1.82) is 0 Å². The van der Waals surface area contributed by atoms with Gasteiger partial charge in [-0.05, 0) is 55.0 Å². The highest BCUT2D eigenvalue weighted by atomic mass is 79.9. The molecular formula is C20H20BrNO5. The SMILES string of the molecule is COC(=O)/C=C/c1ccc(O[C@H](C)C(=O)Nc2ccc(Br)cc2)c(OC)c1. The Morgan fingerprint density at radius 2 is 1.78 bits per heavy atom. The van der Waals surface area contributed by atoms with E-state index in [4.69, 9.17) is 9.47 Å². The van der Waals surface area contributed by atoms with Gasteiger partial charge in [0.2, 0.25) is 0 Å². The number of halogens is 1. The molecule has 0 radical (unpaired) electrons. The highest BCUT2D eigenvalue weighted by molar-refractivity contribution is 9.10. The normalized spacial score (nSPS) is 11.7. The second-order valence-electron chi connectivity index (χ2n) is 5.52. The number of nitrogens with one attached hydrogen (secondary N) is 1. The zero-order valence-corrected chi connectivity index (χ0v) is 16.8. The summed E-state index contributed by atoms with van der Waals surface area (Å²) < 4.78 is 16.5. The molecule has 2 rings (SSSR count). The van der Waals surface area contributed by atoms with Crippen molar-refractivity contribution in [1.82, 2.24) is 0 Å². The monoisotopic (exact) mass is 433 g/mol. The maximum Gasteiger partial charge on any atom is 0.330 e. The lowest BCUT2D eigenvalue weighted by Gasteiger charge is -2.17. The van der Waals surface area contributed by atoms with Crippen LogP contribution >= 0.6 is 15.9 Å². The highest BCUT2D eigenvalue weighted by Crippen LogP contribution is 2.29. The molecule has 0 saturated carbocycles. The van der Waals surface area contributed by atoms with E-state index in [9.17, 15) is 9.59 Å². The number of methoxy groups -OCH3 is 2. The van der Waals surface area contributed by atoms with Crippen LogP contribution in [0.15, 0.2) is 53.0 Å². The van der Waals surface area contributed by atoms with Crippen LogP contribution in [-0.4, -0.2) is 32.2 Å². The number of carbonyl (C=O) groups excluding carboxylic acids is 2. The number of hydrogen-bond donors (Lipinski definition) is 1. The van der Waals surface area contributed by atoms with Crippen LogP contribution < -0.4 is 14.8 Å². The smallest absolute Gasteiger partial charge is 0.330 e. The van der Waals surface area contributed by atoms with Crippen LogP contribution in [-0.2, 0) is 14.3 Å². The van der Waals surface area contributed by atoms with Gasteiger partial charge in [0.15, 0.2) is 17.6 Å². The number of amides is 1. The van der Waals surface area contributed by atoms with Gasteiger partial charge in [-0.3, -0.25) is 4.79 Å². The lowest BCUT2D eigenvalue weighted by Crippen LogP contribution is -2.30. The van der Waals surface area contributed by atoms with Crippen molar-refractivity contribution in [2.75, 3.05) is 19.5 Å². The fourth-order valence-corrected chi connectivity index (χ4v) is 2.40. The van der Waals surface area contributed by atoms with Gasteiger partial charge in [-0.25, -0.2) is 4.79 Å². The molecule has 0 aliphatic heterocycles. The van der Waals surface area contributed by atoms with E-state index < -0.39 is 12.1 Å². The Hall–Kier alpha value is -2.80. The average molecular weight is 434 g/mol. The first kappa shape index (κ1) is 20.5. The molecule has 0 aromatic heterocycles. The minimum Gasteiger partial charge on any atom is -0.493 e. The van der Waals surface area contributed by atoms with E-state index in [1.54, 1.807) is 43.3 Å². The van der Waals surface area contributed by atoms with Crippen LogP contribution in [0.4, 0.5) is 5.69 Å². The van der Waals surface area contributed by atoms with Gasteiger partial charge in [-0.15, -0.1) is 0 Å². The van der Waals surface area contributed by atoms with Crippen molar-refractivity contribution < 1.29 is 23.8 Å². The van der Waals surface area contributed by atoms with Crippen molar-refractivity contribution in [3.8, 4) is 11.5 Å². The lowest BCUT2D eigenvalue weighted by molar-refractivity contribution is -0.134. The third-order valence-electron chi connectivity index (χ3n) is 3.59. The van der Waals surface area contributed by atoms with E-state index in [0.29, 0.717) is 17.2 Å². The molecule has 142 valence electrons. The topological polar surface area (TPSA) is 73.9 Å². The maximum absolute atomic E-state index is 12.3. The largest absolute Gasteiger partial charge is 0.493 e. The van der Waals surface area contributed by atoms with Crippen molar-refractivity contribution >= 4 is 39.6 Å². The molecule has 0 saturated heterocycles. The minimum atomic E-state index is -0.737. The summed E-state index contributed by atoms with van der Waals surface area (Å²) in [5.74, 6) is 0.137. The third kappa shape index (κ3) is 6.14. The van der Waals surface area contributed by atoms with Gasteiger partial charge in [0, 0.05) is 16.2 Å². The fraction of sp³-hybridized carbons (Fsp3) is 0.200. The zero-order valence-electron chi connectivity index (χ0n) is 15.2.